The first-order chi connectivity index (χ1) is 9.58. The normalized spacial score (nSPS) is 10.6. The number of ether oxygens (including phenoxy) is 1. The lowest BCUT2D eigenvalue weighted by molar-refractivity contribution is 0.177. The Morgan fingerprint density at radius 3 is 2.55 bits per heavy atom. The van der Waals surface area contributed by atoms with Crippen LogP contribution < -0.4 is 4.90 Å². The van der Waals surface area contributed by atoms with Crippen molar-refractivity contribution >= 4 is 5.82 Å². The van der Waals surface area contributed by atoms with E-state index in [4.69, 9.17) is 4.74 Å². The number of phenols is 1. The lowest BCUT2D eigenvalue weighted by atomic mass is 10.2. The van der Waals surface area contributed by atoms with E-state index < -0.39 is 0 Å². The molecule has 0 aliphatic rings. The smallest absolute Gasteiger partial charge is 0.156 e. The molecule has 0 atom stereocenters. The van der Waals surface area contributed by atoms with Crippen molar-refractivity contribution in [2.24, 2.45) is 0 Å². The zero-order valence-electron chi connectivity index (χ0n) is 12.0. The van der Waals surface area contributed by atoms with Gasteiger partial charge in [0.25, 0.3) is 0 Å². The third-order valence-corrected chi connectivity index (χ3v) is 2.91. The number of hydrogen-bond acceptors (Lipinski definition) is 5. The quantitative estimate of drug-likeness (QED) is 0.905. The van der Waals surface area contributed by atoms with Gasteiger partial charge < -0.3 is 14.7 Å². The molecule has 1 aromatic carbocycles. The van der Waals surface area contributed by atoms with Crippen LogP contribution in [0.5, 0.6) is 5.75 Å². The van der Waals surface area contributed by atoms with Crippen molar-refractivity contribution in [2.75, 3.05) is 19.1 Å². The Morgan fingerprint density at radius 2 is 1.90 bits per heavy atom. The van der Waals surface area contributed by atoms with Gasteiger partial charge in [-0.2, -0.15) is 0 Å². The van der Waals surface area contributed by atoms with E-state index in [0.29, 0.717) is 19.0 Å². The maximum atomic E-state index is 9.29. The largest absolute Gasteiger partial charge is 0.508 e. The van der Waals surface area contributed by atoms with E-state index in [2.05, 4.69) is 9.97 Å². The van der Waals surface area contributed by atoms with Crippen LogP contribution in [0.25, 0.3) is 0 Å². The highest BCUT2D eigenvalue weighted by atomic mass is 16.5. The van der Waals surface area contributed by atoms with E-state index >= 15 is 0 Å². The Kier molecular flexibility index (Phi) is 4.53. The predicted molar refractivity (Wildman–Crippen MR) is 77.7 cm³/mol. The van der Waals surface area contributed by atoms with Gasteiger partial charge in [0.1, 0.15) is 18.2 Å². The lowest BCUT2D eigenvalue weighted by Crippen LogP contribution is -2.19. The number of aromatic hydroxyl groups is 1. The van der Waals surface area contributed by atoms with E-state index in [1.165, 1.54) is 0 Å². The van der Waals surface area contributed by atoms with Crippen LogP contribution in [0.2, 0.25) is 0 Å². The lowest BCUT2D eigenvalue weighted by Gasteiger charge is -2.19. The molecule has 0 bridgehead atoms. The summed E-state index contributed by atoms with van der Waals surface area (Å²) in [6, 6.07) is 9.11. The summed E-state index contributed by atoms with van der Waals surface area (Å²) in [6.07, 6.45) is 0. The molecule has 106 valence electrons. The van der Waals surface area contributed by atoms with Crippen LogP contribution in [0.4, 0.5) is 5.82 Å². The molecule has 0 unspecified atom stereocenters. The molecule has 0 spiro atoms. The topological polar surface area (TPSA) is 58.5 Å². The van der Waals surface area contributed by atoms with Gasteiger partial charge in [0, 0.05) is 32.5 Å². The van der Waals surface area contributed by atoms with Crippen molar-refractivity contribution in [2.45, 2.75) is 20.1 Å². The minimum Gasteiger partial charge on any atom is -0.508 e. The van der Waals surface area contributed by atoms with Crippen LogP contribution in [0, 0.1) is 6.92 Å². The van der Waals surface area contributed by atoms with E-state index in [0.717, 1.165) is 17.1 Å². The van der Waals surface area contributed by atoms with E-state index in [1.807, 2.05) is 37.1 Å². The minimum atomic E-state index is 0.275. The first-order valence-electron chi connectivity index (χ1n) is 6.41. The van der Waals surface area contributed by atoms with Crippen molar-refractivity contribution in [3.63, 3.8) is 0 Å². The fourth-order valence-corrected chi connectivity index (χ4v) is 1.96. The van der Waals surface area contributed by atoms with Crippen molar-refractivity contribution in [1.29, 1.82) is 0 Å². The van der Waals surface area contributed by atoms with Gasteiger partial charge in [0.15, 0.2) is 5.82 Å². The summed E-state index contributed by atoms with van der Waals surface area (Å²) >= 11 is 0. The molecular formula is C15H19N3O2. The van der Waals surface area contributed by atoms with Crippen LogP contribution >= 0.6 is 0 Å². The number of aryl methyl sites for hydroxylation is 1. The second-order valence-corrected chi connectivity index (χ2v) is 4.74. The summed E-state index contributed by atoms with van der Waals surface area (Å²) in [6.45, 7) is 3.06. The highest BCUT2D eigenvalue weighted by molar-refractivity contribution is 5.40. The second kappa shape index (κ2) is 6.34. The number of benzene rings is 1. The van der Waals surface area contributed by atoms with Crippen LogP contribution in [0.3, 0.4) is 0 Å². The molecule has 0 saturated carbocycles. The summed E-state index contributed by atoms with van der Waals surface area (Å²) in [4.78, 5) is 10.8. The molecule has 5 nitrogen and oxygen atoms in total. The average Bonchev–Trinajstić information content (AvgIpc) is 2.41. The number of nitrogens with zero attached hydrogens (tertiary/aromatic N) is 3. The third-order valence-electron chi connectivity index (χ3n) is 2.91. The molecule has 0 aliphatic heterocycles. The third kappa shape index (κ3) is 3.68. The van der Waals surface area contributed by atoms with E-state index in [-0.39, 0.29) is 5.75 Å². The van der Waals surface area contributed by atoms with Crippen LogP contribution in [0.1, 0.15) is 17.1 Å². The molecule has 0 saturated heterocycles. The Bertz CT molecular complexity index is 570. The molecule has 0 fully saturated rings. The monoisotopic (exact) mass is 273 g/mol. The van der Waals surface area contributed by atoms with Gasteiger partial charge in [-0.3, -0.25) is 0 Å². The minimum absolute atomic E-state index is 0.275. The molecule has 0 amide bonds. The van der Waals surface area contributed by atoms with Crippen LogP contribution in [-0.2, 0) is 17.9 Å². The summed E-state index contributed by atoms with van der Waals surface area (Å²) in [5, 5.41) is 9.29. The van der Waals surface area contributed by atoms with Crippen molar-refractivity contribution < 1.29 is 9.84 Å². The number of phenolic OH excluding ortho intramolecular Hbond substituents is 1. The number of methoxy groups -OCH3 is 1. The van der Waals surface area contributed by atoms with Crippen molar-refractivity contribution in [1.82, 2.24) is 9.97 Å². The fourth-order valence-electron chi connectivity index (χ4n) is 1.96. The molecular weight excluding hydrogens is 254 g/mol. The highest BCUT2D eigenvalue weighted by Gasteiger charge is 2.07. The fraction of sp³-hybridized carbons (Fsp3) is 0.333. The Morgan fingerprint density at radius 1 is 1.20 bits per heavy atom. The zero-order valence-corrected chi connectivity index (χ0v) is 12.0. The number of aromatic nitrogens is 2. The summed E-state index contributed by atoms with van der Waals surface area (Å²) < 4.78 is 5.08. The Labute approximate surface area is 118 Å². The number of anilines is 1. The maximum absolute atomic E-state index is 9.29. The maximum Gasteiger partial charge on any atom is 0.156 e. The van der Waals surface area contributed by atoms with Gasteiger partial charge in [-0.15, -0.1) is 0 Å². The standard InChI is InChI=1S/C15H19N3O2/c1-11-8-15(17-14(16-11)10-20-3)18(2)9-12-4-6-13(19)7-5-12/h4-8,19H,9-10H2,1-3H3. The molecule has 1 heterocycles. The van der Waals surface area contributed by atoms with Gasteiger partial charge in [-0.05, 0) is 24.6 Å². The van der Waals surface area contributed by atoms with E-state index in [1.54, 1.807) is 19.2 Å². The molecule has 20 heavy (non-hydrogen) atoms. The Hall–Kier alpha value is -2.14. The van der Waals surface area contributed by atoms with Gasteiger partial charge in [0.2, 0.25) is 0 Å². The summed E-state index contributed by atoms with van der Waals surface area (Å²) in [5.41, 5.74) is 2.02. The Balaban J connectivity index is 2.15. The molecule has 0 aliphatic carbocycles. The summed E-state index contributed by atoms with van der Waals surface area (Å²) in [7, 11) is 3.61. The number of hydrogen-bond donors (Lipinski definition) is 1. The summed E-state index contributed by atoms with van der Waals surface area (Å²) in [5.74, 6) is 1.81. The van der Waals surface area contributed by atoms with Crippen molar-refractivity contribution in [3.05, 3.63) is 47.4 Å². The average molecular weight is 273 g/mol. The van der Waals surface area contributed by atoms with Crippen LogP contribution in [0.15, 0.2) is 30.3 Å². The first kappa shape index (κ1) is 14.3. The second-order valence-electron chi connectivity index (χ2n) is 4.74. The van der Waals surface area contributed by atoms with Gasteiger partial charge in [-0.1, -0.05) is 12.1 Å². The molecule has 1 aromatic heterocycles. The first-order valence-corrected chi connectivity index (χ1v) is 6.41. The molecule has 2 aromatic rings. The predicted octanol–water partition coefficient (Wildman–Crippen LogP) is 2.27. The zero-order chi connectivity index (χ0) is 14.5. The highest BCUT2D eigenvalue weighted by Crippen LogP contribution is 2.16. The van der Waals surface area contributed by atoms with Gasteiger partial charge in [-0.25, -0.2) is 9.97 Å². The molecule has 5 heteroatoms. The molecule has 2 rings (SSSR count). The van der Waals surface area contributed by atoms with Gasteiger partial charge in [0.05, 0.1) is 0 Å². The van der Waals surface area contributed by atoms with Crippen LogP contribution in [-0.4, -0.2) is 29.2 Å². The number of rotatable bonds is 5. The molecule has 0 radical (unpaired) electrons. The molecule has 1 N–H and O–H groups in total. The SMILES string of the molecule is COCc1nc(C)cc(N(C)Cc2ccc(O)cc2)n1. The van der Waals surface area contributed by atoms with Crippen molar-refractivity contribution in [3.8, 4) is 5.75 Å². The van der Waals surface area contributed by atoms with Gasteiger partial charge >= 0.3 is 0 Å². The van der Waals surface area contributed by atoms with E-state index in [9.17, 15) is 5.11 Å².